The molecule has 32 heavy (non-hydrogen) atoms. The van der Waals surface area contributed by atoms with Crippen LogP contribution in [-0.4, -0.2) is 0 Å². The lowest BCUT2D eigenvalue weighted by atomic mass is 9.82. The predicted octanol–water partition coefficient (Wildman–Crippen LogP) is 12.2. The van der Waals surface area contributed by atoms with Gasteiger partial charge in [0.15, 0.2) is 0 Å². The van der Waals surface area contributed by atoms with Gasteiger partial charge >= 0.3 is 0 Å². The first-order valence-electron chi connectivity index (χ1n) is 15.5. The van der Waals surface area contributed by atoms with Gasteiger partial charge in [-0.3, -0.25) is 0 Å². The Morgan fingerprint density at radius 3 is 1.25 bits per heavy atom. The summed E-state index contributed by atoms with van der Waals surface area (Å²) in [5.41, 5.74) is 0. The van der Waals surface area contributed by atoms with Gasteiger partial charge in [0.1, 0.15) is 0 Å². The molecule has 0 heteroatoms. The summed E-state index contributed by atoms with van der Waals surface area (Å²) in [6.45, 7) is 14.2. The number of unbranched alkanes of at least 4 members (excludes halogenated alkanes) is 10. The van der Waals surface area contributed by atoms with E-state index in [1.807, 2.05) is 0 Å². The van der Waals surface area contributed by atoms with Crippen molar-refractivity contribution in [2.24, 2.45) is 23.7 Å². The van der Waals surface area contributed by atoms with Crippen molar-refractivity contribution in [2.75, 3.05) is 0 Å². The van der Waals surface area contributed by atoms with Crippen LogP contribution in [-0.2, 0) is 0 Å². The van der Waals surface area contributed by atoms with Gasteiger partial charge < -0.3 is 0 Å². The minimum Gasteiger partial charge on any atom is -0.0654 e. The highest BCUT2D eigenvalue weighted by Crippen LogP contribution is 2.31. The monoisotopic (exact) mass is 451 g/mol. The van der Waals surface area contributed by atoms with Crippen LogP contribution in [0.15, 0.2) is 0 Å². The third kappa shape index (κ3) is 21.8. The van der Waals surface area contributed by atoms with E-state index in [9.17, 15) is 0 Å². The second kappa shape index (κ2) is 24.1. The first-order valence-corrected chi connectivity index (χ1v) is 15.5. The average Bonchev–Trinajstić information content (AvgIpc) is 2.78. The van der Waals surface area contributed by atoms with Gasteiger partial charge in [0.25, 0.3) is 0 Å². The zero-order valence-electron chi connectivity index (χ0n) is 23.9. The highest BCUT2D eigenvalue weighted by atomic mass is 14.2. The molecule has 0 amide bonds. The summed E-state index contributed by atoms with van der Waals surface area (Å²) in [7, 11) is 0. The molecule has 3 atom stereocenters. The van der Waals surface area contributed by atoms with Gasteiger partial charge in [-0.25, -0.2) is 0 Å². The van der Waals surface area contributed by atoms with Crippen molar-refractivity contribution in [3.05, 3.63) is 0 Å². The van der Waals surface area contributed by atoms with Gasteiger partial charge in [-0.2, -0.15) is 0 Å². The fourth-order valence-electron chi connectivity index (χ4n) is 5.41. The smallest absolute Gasteiger partial charge is 0.0412 e. The number of rotatable bonds is 25. The van der Waals surface area contributed by atoms with Crippen molar-refractivity contribution in [3.8, 4) is 0 Å². The van der Waals surface area contributed by atoms with Crippen LogP contribution in [0.4, 0.5) is 0 Å². The zero-order chi connectivity index (χ0) is 23.9. The Bertz CT molecular complexity index is 344. The SMILES string of the molecule is CCCCCCC(CCCCCCC(C)C)CC(CCCC)CCCCCCC(C)CC. The Morgan fingerprint density at radius 1 is 0.406 bits per heavy atom. The summed E-state index contributed by atoms with van der Waals surface area (Å²) in [6, 6.07) is 0. The van der Waals surface area contributed by atoms with Crippen LogP contribution in [0.25, 0.3) is 0 Å². The van der Waals surface area contributed by atoms with Crippen molar-refractivity contribution >= 4 is 0 Å². The number of hydrogen-bond acceptors (Lipinski definition) is 0. The van der Waals surface area contributed by atoms with E-state index in [1.165, 1.54) is 135 Å². The summed E-state index contributed by atoms with van der Waals surface area (Å²) in [6.07, 6.45) is 32.3. The molecule has 0 nitrogen and oxygen atoms in total. The molecule has 0 rings (SSSR count). The quantitative estimate of drug-likeness (QED) is 0.121. The average molecular weight is 451 g/mol. The van der Waals surface area contributed by atoms with Gasteiger partial charge in [-0.05, 0) is 30.1 Å². The van der Waals surface area contributed by atoms with Gasteiger partial charge in [0.2, 0.25) is 0 Å². The first kappa shape index (κ1) is 32.0. The second-order valence-corrected chi connectivity index (χ2v) is 11.8. The minimum absolute atomic E-state index is 0.885. The van der Waals surface area contributed by atoms with E-state index in [1.54, 1.807) is 6.42 Å². The molecule has 0 bridgehead atoms. The molecule has 194 valence electrons. The first-order chi connectivity index (χ1) is 15.5. The number of hydrogen-bond donors (Lipinski definition) is 0. The fourth-order valence-corrected chi connectivity index (χ4v) is 5.41. The third-order valence-electron chi connectivity index (χ3n) is 8.00. The Hall–Kier alpha value is 0. The molecule has 3 unspecified atom stereocenters. The maximum Gasteiger partial charge on any atom is -0.0412 e. The summed E-state index contributed by atoms with van der Waals surface area (Å²) in [5.74, 6) is 3.85. The van der Waals surface area contributed by atoms with Crippen LogP contribution in [0.2, 0.25) is 0 Å². The molecule has 0 saturated carbocycles. The van der Waals surface area contributed by atoms with Gasteiger partial charge in [0, 0.05) is 0 Å². The summed E-state index contributed by atoms with van der Waals surface area (Å²) in [5, 5.41) is 0. The molecule has 0 fully saturated rings. The molecule has 0 N–H and O–H groups in total. The molecular formula is C32H66. The van der Waals surface area contributed by atoms with Crippen LogP contribution in [0, 0.1) is 23.7 Å². The third-order valence-corrected chi connectivity index (χ3v) is 8.00. The van der Waals surface area contributed by atoms with Crippen molar-refractivity contribution in [1.82, 2.24) is 0 Å². The maximum atomic E-state index is 2.42. The maximum absolute atomic E-state index is 2.42. The fraction of sp³-hybridized carbons (Fsp3) is 1.00. The molecule has 0 radical (unpaired) electrons. The summed E-state index contributed by atoms with van der Waals surface area (Å²) < 4.78 is 0. The Morgan fingerprint density at radius 2 is 0.812 bits per heavy atom. The zero-order valence-corrected chi connectivity index (χ0v) is 23.9. The molecule has 0 heterocycles. The normalized spacial score (nSPS) is 14.7. The van der Waals surface area contributed by atoms with E-state index >= 15 is 0 Å². The summed E-state index contributed by atoms with van der Waals surface area (Å²) >= 11 is 0. The Balaban J connectivity index is 4.38. The molecule has 0 aliphatic carbocycles. The molecule has 0 aliphatic rings. The standard InChI is InChI=1S/C32H66/c1-7-10-12-19-25-32(27-20-15-13-17-22-29(4)5)28-31(24-11-8-2)26-21-16-14-18-23-30(6)9-3/h29-32H,7-28H2,1-6H3. The lowest BCUT2D eigenvalue weighted by molar-refractivity contribution is 0.283. The topological polar surface area (TPSA) is 0 Å². The van der Waals surface area contributed by atoms with Crippen molar-refractivity contribution < 1.29 is 0 Å². The second-order valence-electron chi connectivity index (χ2n) is 11.8. The molecular weight excluding hydrogens is 384 g/mol. The van der Waals surface area contributed by atoms with E-state index in [-0.39, 0.29) is 0 Å². The van der Waals surface area contributed by atoms with E-state index in [2.05, 4.69) is 41.5 Å². The van der Waals surface area contributed by atoms with Crippen LogP contribution in [0.1, 0.15) is 183 Å². The highest BCUT2D eigenvalue weighted by molar-refractivity contribution is 4.69. The van der Waals surface area contributed by atoms with Crippen molar-refractivity contribution in [2.45, 2.75) is 183 Å². The van der Waals surface area contributed by atoms with Crippen LogP contribution < -0.4 is 0 Å². The summed E-state index contributed by atoms with van der Waals surface area (Å²) in [4.78, 5) is 0. The van der Waals surface area contributed by atoms with Gasteiger partial charge in [0.05, 0.1) is 0 Å². The Kier molecular flexibility index (Phi) is 24.1. The van der Waals surface area contributed by atoms with Crippen LogP contribution >= 0.6 is 0 Å². The lowest BCUT2D eigenvalue weighted by Gasteiger charge is -2.24. The lowest BCUT2D eigenvalue weighted by Crippen LogP contribution is -2.10. The van der Waals surface area contributed by atoms with Crippen molar-refractivity contribution in [1.29, 1.82) is 0 Å². The van der Waals surface area contributed by atoms with E-state index in [0.717, 1.165) is 23.7 Å². The van der Waals surface area contributed by atoms with E-state index < -0.39 is 0 Å². The predicted molar refractivity (Wildman–Crippen MR) is 150 cm³/mol. The van der Waals surface area contributed by atoms with Crippen LogP contribution in [0.5, 0.6) is 0 Å². The minimum atomic E-state index is 0.885. The molecule has 0 saturated heterocycles. The Labute approximate surface area is 206 Å². The van der Waals surface area contributed by atoms with Crippen molar-refractivity contribution in [3.63, 3.8) is 0 Å². The van der Waals surface area contributed by atoms with Crippen LogP contribution in [0.3, 0.4) is 0 Å². The molecule has 0 aromatic heterocycles. The largest absolute Gasteiger partial charge is 0.0654 e. The van der Waals surface area contributed by atoms with E-state index in [4.69, 9.17) is 0 Å². The van der Waals surface area contributed by atoms with Gasteiger partial charge in [-0.15, -0.1) is 0 Å². The molecule has 0 aliphatic heterocycles. The van der Waals surface area contributed by atoms with Gasteiger partial charge in [-0.1, -0.05) is 176 Å². The molecule has 0 aromatic rings. The molecule has 0 aromatic carbocycles. The highest BCUT2D eigenvalue weighted by Gasteiger charge is 2.16. The molecule has 0 spiro atoms. The van der Waals surface area contributed by atoms with E-state index in [0.29, 0.717) is 0 Å².